The molecule has 1 heterocycles. The summed E-state index contributed by atoms with van der Waals surface area (Å²) in [4.78, 5) is 21.8. The van der Waals surface area contributed by atoms with Gasteiger partial charge in [-0.15, -0.1) is 0 Å². The zero-order chi connectivity index (χ0) is 10.4. The highest BCUT2D eigenvalue weighted by molar-refractivity contribution is 5.96. The smallest absolute Gasteiger partial charge is 0.227 e. The van der Waals surface area contributed by atoms with Crippen molar-refractivity contribution >= 4 is 11.7 Å². The molecule has 0 aliphatic carbocycles. The molecule has 80 valence electrons. The van der Waals surface area contributed by atoms with Gasteiger partial charge < -0.3 is 10.1 Å². The van der Waals surface area contributed by atoms with Crippen LogP contribution in [0.1, 0.15) is 26.2 Å². The largest absolute Gasteiger partial charge is 0.381 e. The zero-order valence-corrected chi connectivity index (χ0v) is 8.54. The average Bonchev–Trinajstić information content (AvgIpc) is 2.15. The Kier molecular flexibility index (Phi) is 4.59. The van der Waals surface area contributed by atoms with Crippen molar-refractivity contribution in [2.24, 2.45) is 5.92 Å². The Bertz CT molecular complexity index is 209. The summed E-state index contributed by atoms with van der Waals surface area (Å²) in [5.74, 6) is 0.262. The summed E-state index contributed by atoms with van der Waals surface area (Å²) in [6.45, 7) is 3.67. The van der Waals surface area contributed by atoms with Gasteiger partial charge in [0, 0.05) is 19.8 Å². The molecule has 0 atom stereocenters. The Balaban J connectivity index is 2.12. The molecule has 14 heavy (non-hydrogen) atoms. The molecule has 1 fully saturated rings. The van der Waals surface area contributed by atoms with E-state index in [2.05, 4.69) is 5.32 Å². The summed E-state index contributed by atoms with van der Waals surface area (Å²) in [5, 5.41) is 2.77. The van der Waals surface area contributed by atoms with Gasteiger partial charge >= 0.3 is 0 Å². The second kappa shape index (κ2) is 5.75. The molecule has 1 aliphatic rings. The normalized spacial score (nSPS) is 17.8. The lowest BCUT2D eigenvalue weighted by molar-refractivity contribution is -0.127. The SMILES string of the molecule is CC(=O)CC(=O)NCC1CCOCC1. The zero-order valence-electron chi connectivity index (χ0n) is 8.54. The molecule has 0 unspecified atom stereocenters. The molecule has 1 amide bonds. The highest BCUT2D eigenvalue weighted by Crippen LogP contribution is 2.12. The van der Waals surface area contributed by atoms with Gasteiger partial charge in [0.25, 0.3) is 0 Å². The summed E-state index contributed by atoms with van der Waals surface area (Å²) in [7, 11) is 0. The highest BCUT2D eigenvalue weighted by atomic mass is 16.5. The summed E-state index contributed by atoms with van der Waals surface area (Å²) in [5.41, 5.74) is 0. The predicted octanol–water partition coefficient (Wildman–Crippen LogP) is 0.508. The fourth-order valence-corrected chi connectivity index (χ4v) is 1.50. The number of ketones is 1. The number of nitrogens with one attached hydrogen (secondary N) is 1. The van der Waals surface area contributed by atoms with Crippen molar-refractivity contribution in [2.45, 2.75) is 26.2 Å². The lowest BCUT2D eigenvalue weighted by Crippen LogP contribution is -2.32. The van der Waals surface area contributed by atoms with Crippen LogP contribution in [0.3, 0.4) is 0 Å². The lowest BCUT2D eigenvalue weighted by atomic mass is 10.0. The molecule has 1 rings (SSSR count). The van der Waals surface area contributed by atoms with Gasteiger partial charge in [0.15, 0.2) is 0 Å². The molecule has 0 aromatic heterocycles. The van der Waals surface area contributed by atoms with Crippen LogP contribution in [0.5, 0.6) is 0 Å². The number of Topliss-reactive ketones (excluding diaryl/α,β-unsaturated/α-hetero) is 1. The number of amides is 1. The molecule has 0 saturated carbocycles. The number of ether oxygens (including phenoxy) is 1. The first kappa shape index (κ1) is 11.2. The number of carbonyl (C=O) groups excluding carboxylic acids is 2. The maximum atomic E-state index is 11.1. The Morgan fingerprint density at radius 2 is 2.00 bits per heavy atom. The van der Waals surface area contributed by atoms with E-state index in [1.54, 1.807) is 0 Å². The van der Waals surface area contributed by atoms with Gasteiger partial charge in [-0.3, -0.25) is 9.59 Å². The molecule has 0 aromatic rings. The molecule has 4 heteroatoms. The van der Waals surface area contributed by atoms with Crippen molar-refractivity contribution < 1.29 is 14.3 Å². The van der Waals surface area contributed by atoms with Crippen molar-refractivity contribution in [1.29, 1.82) is 0 Å². The first-order chi connectivity index (χ1) is 6.68. The Morgan fingerprint density at radius 3 is 2.57 bits per heavy atom. The van der Waals surface area contributed by atoms with E-state index in [1.807, 2.05) is 0 Å². The summed E-state index contributed by atoms with van der Waals surface area (Å²) in [6.07, 6.45) is 2.00. The van der Waals surface area contributed by atoms with Crippen molar-refractivity contribution in [3.63, 3.8) is 0 Å². The molecule has 0 spiro atoms. The maximum Gasteiger partial charge on any atom is 0.227 e. The van der Waals surface area contributed by atoms with E-state index < -0.39 is 0 Å². The number of hydrogen-bond acceptors (Lipinski definition) is 3. The molecule has 1 aliphatic heterocycles. The Morgan fingerprint density at radius 1 is 1.36 bits per heavy atom. The van der Waals surface area contributed by atoms with E-state index in [0.717, 1.165) is 26.1 Å². The van der Waals surface area contributed by atoms with Crippen molar-refractivity contribution in [1.82, 2.24) is 5.32 Å². The third-order valence-corrected chi connectivity index (χ3v) is 2.34. The first-order valence-electron chi connectivity index (χ1n) is 5.02. The van der Waals surface area contributed by atoms with Gasteiger partial charge in [-0.05, 0) is 25.7 Å². The fraction of sp³-hybridized carbons (Fsp3) is 0.800. The van der Waals surface area contributed by atoms with Crippen LogP contribution in [-0.2, 0) is 14.3 Å². The molecule has 1 saturated heterocycles. The molecular formula is C10H17NO3. The van der Waals surface area contributed by atoms with E-state index in [0.29, 0.717) is 12.5 Å². The van der Waals surface area contributed by atoms with Gasteiger partial charge in [-0.2, -0.15) is 0 Å². The third kappa shape index (κ3) is 4.37. The van der Waals surface area contributed by atoms with Crippen LogP contribution in [0.2, 0.25) is 0 Å². The Hall–Kier alpha value is -0.900. The molecular weight excluding hydrogens is 182 g/mol. The van der Waals surface area contributed by atoms with E-state index in [9.17, 15) is 9.59 Å². The topological polar surface area (TPSA) is 55.4 Å². The second-order valence-corrected chi connectivity index (χ2v) is 3.74. The van der Waals surface area contributed by atoms with Crippen LogP contribution in [0.4, 0.5) is 0 Å². The summed E-state index contributed by atoms with van der Waals surface area (Å²) < 4.78 is 5.20. The number of hydrogen-bond donors (Lipinski definition) is 1. The van der Waals surface area contributed by atoms with Crippen molar-refractivity contribution in [2.75, 3.05) is 19.8 Å². The minimum absolute atomic E-state index is 0.00319. The van der Waals surface area contributed by atoms with E-state index in [1.165, 1.54) is 6.92 Å². The monoisotopic (exact) mass is 199 g/mol. The van der Waals surface area contributed by atoms with E-state index in [-0.39, 0.29) is 18.1 Å². The van der Waals surface area contributed by atoms with Gasteiger partial charge in [-0.1, -0.05) is 0 Å². The average molecular weight is 199 g/mol. The summed E-state index contributed by atoms with van der Waals surface area (Å²) >= 11 is 0. The molecule has 0 bridgehead atoms. The number of rotatable bonds is 4. The van der Waals surface area contributed by atoms with Gasteiger partial charge in [-0.25, -0.2) is 0 Å². The van der Waals surface area contributed by atoms with Crippen LogP contribution in [-0.4, -0.2) is 31.4 Å². The van der Waals surface area contributed by atoms with Crippen LogP contribution in [0, 0.1) is 5.92 Å². The minimum atomic E-state index is -0.163. The van der Waals surface area contributed by atoms with Crippen LogP contribution >= 0.6 is 0 Å². The quantitative estimate of drug-likeness (QED) is 0.671. The predicted molar refractivity (Wildman–Crippen MR) is 51.9 cm³/mol. The standard InChI is InChI=1S/C10H17NO3/c1-8(12)6-10(13)11-7-9-2-4-14-5-3-9/h9H,2-7H2,1H3,(H,11,13). The van der Waals surface area contributed by atoms with Crippen molar-refractivity contribution in [3.8, 4) is 0 Å². The lowest BCUT2D eigenvalue weighted by Gasteiger charge is -2.21. The highest BCUT2D eigenvalue weighted by Gasteiger charge is 2.14. The molecule has 0 aromatic carbocycles. The molecule has 0 radical (unpaired) electrons. The second-order valence-electron chi connectivity index (χ2n) is 3.74. The number of carbonyl (C=O) groups is 2. The minimum Gasteiger partial charge on any atom is -0.381 e. The van der Waals surface area contributed by atoms with Crippen LogP contribution < -0.4 is 5.32 Å². The fourth-order valence-electron chi connectivity index (χ4n) is 1.50. The van der Waals surface area contributed by atoms with Crippen molar-refractivity contribution in [3.05, 3.63) is 0 Å². The first-order valence-corrected chi connectivity index (χ1v) is 5.02. The van der Waals surface area contributed by atoms with Gasteiger partial charge in [0.1, 0.15) is 5.78 Å². The van der Waals surface area contributed by atoms with Gasteiger partial charge in [0.05, 0.1) is 6.42 Å². The van der Waals surface area contributed by atoms with E-state index >= 15 is 0 Å². The van der Waals surface area contributed by atoms with Crippen LogP contribution in [0.15, 0.2) is 0 Å². The third-order valence-electron chi connectivity index (χ3n) is 2.34. The van der Waals surface area contributed by atoms with E-state index in [4.69, 9.17) is 4.74 Å². The summed E-state index contributed by atoms with van der Waals surface area (Å²) in [6, 6.07) is 0. The molecule has 4 nitrogen and oxygen atoms in total. The molecule has 1 N–H and O–H groups in total. The van der Waals surface area contributed by atoms with Crippen LogP contribution in [0.25, 0.3) is 0 Å². The Labute approximate surface area is 84.0 Å². The maximum absolute atomic E-state index is 11.1. The van der Waals surface area contributed by atoms with Gasteiger partial charge in [0.2, 0.25) is 5.91 Å².